The van der Waals surface area contributed by atoms with Crippen molar-refractivity contribution >= 4 is 11.9 Å². The molecule has 0 spiro atoms. The highest BCUT2D eigenvalue weighted by Crippen LogP contribution is 2.38. The molecule has 19 heavy (non-hydrogen) atoms. The summed E-state index contributed by atoms with van der Waals surface area (Å²) < 4.78 is 1.92. The Morgan fingerprint density at radius 1 is 1.47 bits per heavy atom. The van der Waals surface area contributed by atoms with Gasteiger partial charge in [-0.05, 0) is 32.8 Å². The molecule has 6 heteroatoms. The Hall–Kier alpha value is -1.85. The van der Waals surface area contributed by atoms with Gasteiger partial charge in [-0.15, -0.1) is 0 Å². The van der Waals surface area contributed by atoms with Gasteiger partial charge in [-0.3, -0.25) is 14.3 Å². The summed E-state index contributed by atoms with van der Waals surface area (Å²) in [5.41, 5.74) is 2.10. The van der Waals surface area contributed by atoms with E-state index in [1.54, 1.807) is 0 Å². The van der Waals surface area contributed by atoms with Crippen LogP contribution >= 0.6 is 0 Å². The SMILES string of the molecule is Cc1cc(C)n(CCCNC(=O)C2CC2C(=O)O)n1. The van der Waals surface area contributed by atoms with Gasteiger partial charge in [-0.1, -0.05) is 0 Å². The van der Waals surface area contributed by atoms with Crippen molar-refractivity contribution in [2.24, 2.45) is 11.8 Å². The molecule has 2 N–H and O–H groups in total. The van der Waals surface area contributed by atoms with Crippen LogP contribution in [0.1, 0.15) is 24.2 Å². The molecular weight excluding hydrogens is 246 g/mol. The van der Waals surface area contributed by atoms with Crippen LogP contribution in [0.25, 0.3) is 0 Å². The van der Waals surface area contributed by atoms with Crippen LogP contribution in [0.3, 0.4) is 0 Å². The van der Waals surface area contributed by atoms with Gasteiger partial charge in [0, 0.05) is 18.8 Å². The summed E-state index contributed by atoms with van der Waals surface area (Å²) in [6.45, 7) is 5.26. The van der Waals surface area contributed by atoms with Crippen molar-refractivity contribution < 1.29 is 14.7 Å². The standard InChI is InChI=1S/C13H19N3O3/c1-8-6-9(2)16(15-8)5-3-4-14-12(17)10-7-11(10)13(18)19/h6,10-11H,3-5,7H2,1-2H3,(H,14,17)(H,18,19). The van der Waals surface area contributed by atoms with E-state index in [1.807, 2.05) is 24.6 Å². The Balaban J connectivity index is 1.66. The number of amides is 1. The number of aryl methyl sites for hydroxylation is 3. The molecule has 0 aliphatic heterocycles. The lowest BCUT2D eigenvalue weighted by Crippen LogP contribution is -2.28. The minimum atomic E-state index is -0.872. The normalized spacial score (nSPS) is 21.2. The van der Waals surface area contributed by atoms with Gasteiger partial charge in [0.25, 0.3) is 0 Å². The van der Waals surface area contributed by atoms with Gasteiger partial charge in [0.1, 0.15) is 0 Å². The second-order valence-corrected chi connectivity index (χ2v) is 5.08. The molecule has 1 aliphatic rings. The van der Waals surface area contributed by atoms with E-state index in [4.69, 9.17) is 5.11 Å². The van der Waals surface area contributed by atoms with Gasteiger partial charge in [0.2, 0.25) is 5.91 Å². The number of carboxylic acids is 1. The first-order chi connectivity index (χ1) is 8.99. The van der Waals surface area contributed by atoms with Gasteiger partial charge < -0.3 is 10.4 Å². The number of nitrogens with one attached hydrogen (secondary N) is 1. The molecule has 0 saturated heterocycles. The van der Waals surface area contributed by atoms with Gasteiger partial charge in [-0.25, -0.2) is 0 Å². The maximum Gasteiger partial charge on any atom is 0.307 e. The quantitative estimate of drug-likeness (QED) is 0.743. The third-order valence-electron chi connectivity index (χ3n) is 3.39. The third-order valence-corrected chi connectivity index (χ3v) is 3.39. The second-order valence-electron chi connectivity index (χ2n) is 5.08. The van der Waals surface area contributed by atoms with E-state index in [9.17, 15) is 9.59 Å². The molecule has 2 rings (SSSR count). The summed E-state index contributed by atoms with van der Waals surface area (Å²) in [4.78, 5) is 22.2. The molecule has 6 nitrogen and oxygen atoms in total. The minimum absolute atomic E-state index is 0.138. The molecule has 1 amide bonds. The van der Waals surface area contributed by atoms with Gasteiger partial charge in [0.05, 0.1) is 17.5 Å². The van der Waals surface area contributed by atoms with Crippen molar-refractivity contribution in [3.05, 3.63) is 17.5 Å². The number of nitrogens with zero attached hydrogens (tertiary/aromatic N) is 2. The van der Waals surface area contributed by atoms with Gasteiger partial charge in [-0.2, -0.15) is 5.10 Å². The molecule has 0 bridgehead atoms. The Bertz CT molecular complexity index is 495. The Labute approximate surface area is 111 Å². The molecule has 1 aromatic heterocycles. The van der Waals surface area contributed by atoms with Crippen molar-refractivity contribution in [1.82, 2.24) is 15.1 Å². The average molecular weight is 265 g/mol. The van der Waals surface area contributed by atoms with E-state index in [0.29, 0.717) is 13.0 Å². The Morgan fingerprint density at radius 2 is 2.21 bits per heavy atom. The van der Waals surface area contributed by atoms with Crippen LogP contribution in [0, 0.1) is 25.7 Å². The predicted octanol–water partition coefficient (Wildman–Crippen LogP) is 0.727. The van der Waals surface area contributed by atoms with Crippen molar-refractivity contribution in [1.29, 1.82) is 0 Å². The molecule has 1 aromatic rings. The average Bonchev–Trinajstić information content (AvgIpc) is 3.07. The summed E-state index contributed by atoms with van der Waals surface area (Å²) in [6, 6.07) is 2.01. The van der Waals surface area contributed by atoms with Crippen LogP contribution in [0.4, 0.5) is 0 Å². The fourth-order valence-corrected chi connectivity index (χ4v) is 2.23. The molecule has 1 aliphatic carbocycles. The molecule has 104 valence electrons. The lowest BCUT2D eigenvalue weighted by molar-refractivity contribution is -0.140. The molecule has 1 fully saturated rings. The minimum Gasteiger partial charge on any atom is -0.481 e. The monoisotopic (exact) mass is 265 g/mol. The number of aliphatic carboxylic acids is 1. The zero-order valence-corrected chi connectivity index (χ0v) is 11.2. The van der Waals surface area contributed by atoms with Gasteiger partial charge >= 0.3 is 5.97 Å². The molecule has 0 radical (unpaired) electrons. The predicted molar refractivity (Wildman–Crippen MR) is 68.6 cm³/mol. The van der Waals surface area contributed by atoms with Crippen molar-refractivity contribution in [3.63, 3.8) is 0 Å². The molecule has 2 atom stereocenters. The topological polar surface area (TPSA) is 84.2 Å². The van der Waals surface area contributed by atoms with Crippen LogP contribution in [0.2, 0.25) is 0 Å². The van der Waals surface area contributed by atoms with E-state index in [0.717, 1.165) is 24.4 Å². The van der Waals surface area contributed by atoms with Crippen LogP contribution in [0.5, 0.6) is 0 Å². The van der Waals surface area contributed by atoms with E-state index in [-0.39, 0.29) is 11.8 Å². The van der Waals surface area contributed by atoms with Gasteiger partial charge in [0.15, 0.2) is 0 Å². The summed E-state index contributed by atoms with van der Waals surface area (Å²) >= 11 is 0. The number of hydrogen-bond donors (Lipinski definition) is 2. The molecule has 1 saturated carbocycles. The zero-order chi connectivity index (χ0) is 14.0. The summed E-state index contributed by atoms with van der Waals surface area (Å²) in [6.07, 6.45) is 1.26. The van der Waals surface area contributed by atoms with E-state index in [1.165, 1.54) is 0 Å². The lowest BCUT2D eigenvalue weighted by atomic mass is 10.3. The Morgan fingerprint density at radius 3 is 2.74 bits per heavy atom. The van der Waals surface area contributed by atoms with Crippen LogP contribution < -0.4 is 5.32 Å². The highest BCUT2D eigenvalue weighted by molar-refractivity contribution is 5.89. The molecular formula is C13H19N3O3. The first-order valence-electron chi connectivity index (χ1n) is 6.50. The highest BCUT2D eigenvalue weighted by Gasteiger charge is 2.48. The summed E-state index contributed by atoms with van der Waals surface area (Å²) in [5, 5.41) is 15.9. The zero-order valence-electron chi connectivity index (χ0n) is 11.2. The first-order valence-corrected chi connectivity index (χ1v) is 6.50. The maximum absolute atomic E-state index is 11.6. The van der Waals surface area contributed by atoms with E-state index >= 15 is 0 Å². The number of hydrogen-bond acceptors (Lipinski definition) is 3. The first kappa shape index (κ1) is 13.6. The largest absolute Gasteiger partial charge is 0.481 e. The van der Waals surface area contributed by atoms with E-state index in [2.05, 4.69) is 10.4 Å². The van der Waals surface area contributed by atoms with E-state index < -0.39 is 11.9 Å². The number of aromatic nitrogens is 2. The molecule has 1 heterocycles. The van der Waals surface area contributed by atoms with Crippen LogP contribution in [0.15, 0.2) is 6.07 Å². The molecule has 2 unspecified atom stereocenters. The van der Waals surface area contributed by atoms with Crippen molar-refractivity contribution in [3.8, 4) is 0 Å². The summed E-state index contributed by atoms with van der Waals surface area (Å²) in [7, 11) is 0. The number of carboxylic acid groups (broad SMARTS) is 1. The lowest BCUT2D eigenvalue weighted by Gasteiger charge is -2.06. The third kappa shape index (κ3) is 3.33. The molecule has 0 aromatic carbocycles. The number of rotatable bonds is 6. The maximum atomic E-state index is 11.6. The van der Waals surface area contributed by atoms with Crippen LogP contribution in [-0.4, -0.2) is 33.3 Å². The highest BCUT2D eigenvalue weighted by atomic mass is 16.4. The van der Waals surface area contributed by atoms with Crippen molar-refractivity contribution in [2.75, 3.05) is 6.54 Å². The fourth-order valence-electron chi connectivity index (χ4n) is 2.23. The number of carbonyl (C=O) groups is 2. The smallest absolute Gasteiger partial charge is 0.307 e. The van der Waals surface area contributed by atoms with Crippen LogP contribution in [-0.2, 0) is 16.1 Å². The van der Waals surface area contributed by atoms with Crippen molar-refractivity contribution in [2.45, 2.75) is 33.2 Å². The number of carbonyl (C=O) groups excluding carboxylic acids is 1. The fraction of sp³-hybridized carbons (Fsp3) is 0.615. The Kier molecular flexibility index (Phi) is 3.87. The summed E-state index contributed by atoms with van der Waals surface area (Å²) in [5.74, 6) is -1.81. The second kappa shape index (κ2) is 5.42.